The lowest BCUT2D eigenvalue weighted by Crippen LogP contribution is -2.48. The minimum atomic E-state index is -0.116. The van der Waals surface area contributed by atoms with E-state index >= 15 is 0 Å². The van der Waals surface area contributed by atoms with Gasteiger partial charge >= 0.3 is 0 Å². The maximum Gasteiger partial charge on any atom is 0.254 e. The van der Waals surface area contributed by atoms with Crippen molar-refractivity contribution in [2.75, 3.05) is 54.6 Å². The zero-order valence-electron chi connectivity index (χ0n) is 23.2. The van der Waals surface area contributed by atoms with E-state index in [2.05, 4.69) is 36.1 Å². The third-order valence-corrected chi connectivity index (χ3v) is 6.87. The van der Waals surface area contributed by atoms with Crippen LogP contribution in [0.25, 0.3) is 11.6 Å². The lowest BCUT2D eigenvalue weighted by molar-refractivity contribution is -0.126. The van der Waals surface area contributed by atoms with Crippen LogP contribution in [0.15, 0.2) is 54.6 Å². The topological polar surface area (TPSA) is 80.7 Å². The van der Waals surface area contributed by atoms with Gasteiger partial charge in [-0.3, -0.25) is 9.69 Å². The van der Waals surface area contributed by atoms with Crippen molar-refractivity contribution in [3.05, 3.63) is 76.9 Å². The lowest BCUT2D eigenvalue weighted by atomic mass is 9.99. The van der Waals surface area contributed by atoms with E-state index in [0.717, 1.165) is 19.6 Å². The number of aryl methyl sites for hydroxylation is 1. The molecule has 0 saturated carbocycles. The molecule has 8 heteroatoms. The second-order valence-corrected chi connectivity index (χ2v) is 9.46. The van der Waals surface area contributed by atoms with Crippen LogP contribution in [0.4, 0.5) is 0 Å². The van der Waals surface area contributed by atoms with Crippen molar-refractivity contribution < 1.29 is 28.8 Å². The Morgan fingerprint density at radius 2 is 1.51 bits per heavy atom. The number of nitrogens with zero attached hydrogens (tertiary/aromatic N) is 2. The van der Waals surface area contributed by atoms with Crippen molar-refractivity contribution in [3.63, 3.8) is 0 Å². The molecule has 0 unspecified atom stereocenters. The number of piperazine rings is 1. The lowest BCUT2D eigenvalue weighted by Gasteiger charge is -2.35. The number of phenols is 1. The number of ether oxygens (including phenoxy) is 4. The summed E-state index contributed by atoms with van der Waals surface area (Å²) in [5.41, 5.74) is 4.24. The molecular formula is C31H36N2O6. The molecule has 1 fully saturated rings. The van der Waals surface area contributed by atoms with Gasteiger partial charge in [0.15, 0.2) is 23.0 Å². The molecule has 0 spiro atoms. The van der Waals surface area contributed by atoms with Gasteiger partial charge in [-0.25, -0.2) is 0 Å². The van der Waals surface area contributed by atoms with Crippen LogP contribution in [0.2, 0.25) is 0 Å². The van der Waals surface area contributed by atoms with Crippen LogP contribution in [0.5, 0.6) is 28.7 Å². The highest BCUT2D eigenvalue weighted by Crippen LogP contribution is 2.41. The van der Waals surface area contributed by atoms with Crippen molar-refractivity contribution in [2.45, 2.75) is 13.5 Å². The van der Waals surface area contributed by atoms with Crippen molar-refractivity contribution in [1.82, 2.24) is 9.80 Å². The molecule has 1 amide bonds. The van der Waals surface area contributed by atoms with E-state index < -0.39 is 0 Å². The average Bonchev–Trinajstić information content (AvgIpc) is 2.95. The molecule has 206 valence electrons. The summed E-state index contributed by atoms with van der Waals surface area (Å²) in [5.74, 6) is 1.58. The molecule has 0 atom stereocenters. The minimum absolute atomic E-state index is 0.00676. The third-order valence-electron chi connectivity index (χ3n) is 6.87. The Morgan fingerprint density at radius 1 is 0.846 bits per heavy atom. The molecule has 0 radical (unpaired) electrons. The van der Waals surface area contributed by atoms with E-state index in [1.54, 1.807) is 57.7 Å². The molecule has 3 aromatic rings. The summed E-state index contributed by atoms with van der Waals surface area (Å²) in [6.07, 6.45) is 1.77. The zero-order chi connectivity index (χ0) is 27.9. The summed E-state index contributed by atoms with van der Waals surface area (Å²) in [6.45, 7) is 5.68. The SMILES string of the molecule is COc1ccc(/C=C(/C(=O)N2CCN(Cc3cccc(C)c3)CC2)c2cc(OC)c(OC)c(OC)c2)cc1O. The van der Waals surface area contributed by atoms with Gasteiger partial charge in [-0.05, 0) is 54.0 Å². The number of carbonyl (C=O) groups is 1. The Morgan fingerprint density at radius 3 is 2.08 bits per heavy atom. The highest BCUT2D eigenvalue weighted by molar-refractivity contribution is 6.24. The van der Waals surface area contributed by atoms with Crippen LogP contribution >= 0.6 is 0 Å². The largest absolute Gasteiger partial charge is 0.504 e. The molecule has 8 nitrogen and oxygen atoms in total. The maximum atomic E-state index is 14.0. The Labute approximate surface area is 230 Å². The highest BCUT2D eigenvalue weighted by atomic mass is 16.5. The predicted molar refractivity (Wildman–Crippen MR) is 152 cm³/mol. The average molecular weight is 533 g/mol. The Bertz CT molecular complexity index is 1320. The molecule has 1 N–H and O–H groups in total. The summed E-state index contributed by atoms with van der Waals surface area (Å²) in [6, 6.07) is 17.1. The molecule has 0 bridgehead atoms. The van der Waals surface area contributed by atoms with Crippen molar-refractivity contribution >= 4 is 17.6 Å². The molecule has 1 heterocycles. The number of hydrogen-bond acceptors (Lipinski definition) is 7. The number of hydrogen-bond donors (Lipinski definition) is 1. The quantitative estimate of drug-likeness (QED) is 0.318. The van der Waals surface area contributed by atoms with Gasteiger partial charge in [0.05, 0.1) is 28.4 Å². The first-order chi connectivity index (χ1) is 18.9. The molecule has 1 aliphatic rings. The normalized spacial score (nSPS) is 14.2. The van der Waals surface area contributed by atoms with Crippen molar-refractivity contribution in [1.29, 1.82) is 0 Å². The maximum absolute atomic E-state index is 14.0. The van der Waals surface area contributed by atoms with Crippen LogP contribution in [0, 0.1) is 6.92 Å². The Hall–Kier alpha value is -4.17. The van der Waals surface area contributed by atoms with E-state index in [4.69, 9.17) is 18.9 Å². The molecule has 0 aliphatic carbocycles. The summed E-state index contributed by atoms with van der Waals surface area (Å²) in [7, 11) is 6.12. The van der Waals surface area contributed by atoms with E-state index in [1.165, 1.54) is 18.2 Å². The molecular weight excluding hydrogens is 496 g/mol. The number of aromatic hydroxyl groups is 1. The Balaban J connectivity index is 1.65. The monoisotopic (exact) mass is 532 g/mol. The first-order valence-electron chi connectivity index (χ1n) is 12.8. The number of methoxy groups -OCH3 is 4. The summed E-state index contributed by atoms with van der Waals surface area (Å²) in [4.78, 5) is 18.2. The van der Waals surface area contributed by atoms with Crippen LogP contribution in [-0.2, 0) is 11.3 Å². The molecule has 39 heavy (non-hydrogen) atoms. The number of carbonyl (C=O) groups excluding carboxylic acids is 1. The van der Waals surface area contributed by atoms with Crippen LogP contribution in [-0.4, -0.2) is 75.4 Å². The highest BCUT2D eigenvalue weighted by Gasteiger charge is 2.26. The van der Waals surface area contributed by atoms with E-state index in [-0.39, 0.29) is 11.7 Å². The fourth-order valence-electron chi connectivity index (χ4n) is 4.82. The van der Waals surface area contributed by atoms with Crippen molar-refractivity contribution in [2.24, 2.45) is 0 Å². The predicted octanol–water partition coefficient (Wildman–Crippen LogP) is 4.62. The van der Waals surface area contributed by atoms with Gasteiger partial charge in [-0.15, -0.1) is 0 Å². The second-order valence-electron chi connectivity index (χ2n) is 9.46. The first kappa shape index (κ1) is 27.9. The van der Waals surface area contributed by atoms with Gasteiger partial charge < -0.3 is 29.0 Å². The third kappa shape index (κ3) is 6.46. The standard InChI is InChI=1S/C31H36N2O6/c1-21-7-6-8-23(15-21)20-32-11-13-33(14-12-32)31(35)25(16-22-9-10-27(36-2)26(34)17-22)24-18-28(37-3)30(39-5)29(19-24)38-4/h6-10,15-19,34H,11-14,20H2,1-5H3/b25-16+. The van der Waals surface area contributed by atoms with Gasteiger partial charge in [-0.2, -0.15) is 0 Å². The zero-order valence-corrected chi connectivity index (χ0v) is 23.2. The molecule has 3 aromatic carbocycles. The van der Waals surface area contributed by atoms with Gasteiger partial charge in [-0.1, -0.05) is 35.9 Å². The van der Waals surface area contributed by atoms with Gasteiger partial charge in [0.2, 0.25) is 5.75 Å². The fraction of sp³-hybridized carbons (Fsp3) is 0.323. The van der Waals surface area contributed by atoms with Crippen LogP contribution in [0.1, 0.15) is 22.3 Å². The molecule has 0 aromatic heterocycles. The number of rotatable bonds is 9. The number of phenolic OH excluding ortho intramolecular Hbond substituents is 1. The molecule has 1 aliphatic heterocycles. The smallest absolute Gasteiger partial charge is 0.254 e. The van der Waals surface area contributed by atoms with Gasteiger partial charge in [0.25, 0.3) is 5.91 Å². The fourth-order valence-corrected chi connectivity index (χ4v) is 4.82. The van der Waals surface area contributed by atoms with Crippen LogP contribution in [0.3, 0.4) is 0 Å². The Kier molecular flexibility index (Phi) is 8.99. The summed E-state index contributed by atoms with van der Waals surface area (Å²) < 4.78 is 21.8. The van der Waals surface area contributed by atoms with Gasteiger partial charge in [0.1, 0.15) is 0 Å². The second kappa shape index (κ2) is 12.6. The van der Waals surface area contributed by atoms with E-state index in [1.807, 2.05) is 4.90 Å². The number of benzene rings is 3. The van der Waals surface area contributed by atoms with Gasteiger partial charge in [0, 0.05) is 38.3 Å². The number of amides is 1. The summed E-state index contributed by atoms with van der Waals surface area (Å²) >= 11 is 0. The van der Waals surface area contributed by atoms with E-state index in [9.17, 15) is 9.90 Å². The van der Waals surface area contributed by atoms with Crippen LogP contribution < -0.4 is 18.9 Å². The first-order valence-corrected chi connectivity index (χ1v) is 12.8. The summed E-state index contributed by atoms with van der Waals surface area (Å²) in [5, 5.41) is 10.4. The molecule has 4 rings (SSSR count). The van der Waals surface area contributed by atoms with E-state index in [0.29, 0.717) is 52.8 Å². The molecule has 1 saturated heterocycles. The van der Waals surface area contributed by atoms with Crippen molar-refractivity contribution in [3.8, 4) is 28.7 Å². The minimum Gasteiger partial charge on any atom is -0.504 e.